The maximum absolute atomic E-state index is 11.8. The first kappa shape index (κ1) is 13.6. The number of hydrogen-bond donors (Lipinski definition) is 2. The van der Waals surface area contributed by atoms with E-state index in [9.17, 15) is 9.90 Å². The van der Waals surface area contributed by atoms with Gasteiger partial charge in [-0.25, -0.2) is 9.78 Å². The number of nitrogens with zero attached hydrogens (tertiary/aromatic N) is 2. The molecule has 2 heterocycles. The van der Waals surface area contributed by atoms with E-state index in [1.807, 2.05) is 4.90 Å². The van der Waals surface area contributed by atoms with Crippen LogP contribution >= 0.6 is 0 Å². The van der Waals surface area contributed by atoms with Crippen molar-refractivity contribution in [1.82, 2.24) is 4.98 Å². The quantitative estimate of drug-likeness (QED) is 0.786. The third-order valence-corrected chi connectivity index (χ3v) is 3.40. The highest BCUT2D eigenvalue weighted by Gasteiger charge is 2.27. The Morgan fingerprint density at radius 2 is 2.42 bits per heavy atom. The van der Waals surface area contributed by atoms with E-state index in [1.165, 1.54) is 13.3 Å². The van der Waals surface area contributed by atoms with E-state index in [0.717, 1.165) is 25.8 Å². The Labute approximate surface area is 112 Å². The summed E-state index contributed by atoms with van der Waals surface area (Å²) in [6.07, 6.45) is 4.50. The van der Waals surface area contributed by atoms with Crippen molar-refractivity contribution < 1.29 is 14.6 Å². The molecule has 0 radical (unpaired) electrons. The van der Waals surface area contributed by atoms with E-state index in [-0.39, 0.29) is 12.6 Å². The van der Waals surface area contributed by atoms with Crippen molar-refractivity contribution in [2.45, 2.75) is 25.3 Å². The Balaban J connectivity index is 2.39. The second-order valence-electron chi connectivity index (χ2n) is 4.66. The fourth-order valence-corrected chi connectivity index (χ4v) is 2.43. The number of esters is 1. The predicted octanol–water partition coefficient (Wildman–Crippen LogP) is 0.802. The number of nitrogen functional groups attached to an aromatic ring is 1. The van der Waals surface area contributed by atoms with Gasteiger partial charge in [-0.1, -0.05) is 0 Å². The molecule has 0 amide bonds. The van der Waals surface area contributed by atoms with Crippen LogP contribution in [0.5, 0.6) is 0 Å². The first-order valence-electron chi connectivity index (χ1n) is 6.38. The lowest BCUT2D eigenvalue weighted by molar-refractivity contribution is 0.0600. The van der Waals surface area contributed by atoms with Gasteiger partial charge in [0.2, 0.25) is 0 Å². The van der Waals surface area contributed by atoms with Crippen LogP contribution in [-0.2, 0) is 4.74 Å². The van der Waals surface area contributed by atoms with Crippen LogP contribution in [0.25, 0.3) is 0 Å². The van der Waals surface area contributed by atoms with Crippen LogP contribution in [0.2, 0.25) is 0 Å². The zero-order valence-corrected chi connectivity index (χ0v) is 11.0. The van der Waals surface area contributed by atoms with E-state index in [4.69, 9.17) is 10.5 Å². The van der Waals surface area contributed by atoms with Crippen LogP contribution in [0.3, 0.4) is 0 Å². The van der Waals surface area contributed by atoms with Crippen LogP contribution < -0.4 is 10.6 Å². The summed E-state index contributed by atoms with van der Waals surface area (Å²) in [5.74, 6) is 0.0804. The summed E-state index contributed by atoms with van der Waals surface area (Å²) in [6, 6.07) is 1.56. The number of nitrogens with two attached hydrogens (primary N) is 1. The minimum absolute atomic E-state index is 0.00622. The minimum atomic E-state index is -0.461. The molecule has 0 aliphatic carbocycles. The van der Waals surface area contributed by atoms with Gasteiger partial charge in [0, 0.05) is 6.54 Å². The zero-order valence-electron chi connectivity index (χ0n) is 11.0. The van der Waals surface area contributed by atoms with Crippen LogP contribution in [0, 0.1) is 0 Å². The number of piperidine rings is 1. The van der Waals surface area contributed by atoms with Crippen molar-refractivity contribution in [3.05, 3.63) is 17.8 Å². The number of hydrogen-bond acceptors (Lipinski definition) is 6. The molecule has 1 aliphatic heterocycles. The predicted molar refractivity (Wildman–Crippen MR) is 72.1 cm³/mol. The summed E-state index contributed by atoms with van der Waals surface area (Å²) in [4.78, 5) is 18.0. The van der Waals surface area contributed by atoms with Crippen molar-refractivity contribution in [3.8, 4) is 0 Å². The average Bonchev–Trinajstić information content (AvgIpc) is 2.46. The van der Waals surface area contributed by atoms with Crippen LogP contribution in [0.15, 0.2) is 12.3 Å². The summed E-state index contributed by atoms with van der Waals surface area (Å²) in [6.45, 7) is 0.818. The smallest absolute Gasteiger partial charge is 0.341 e. The van der Waals surface area contributed by atoms with E-state index in [0.29, 0.717) is 17.1 Å². The normalized spacial score (nSPS) is 19.3. The van der Waals surface area contributed by atoms with Gasteiger partial charge < -0.3 is 20.5 Å². The Morgan fingerprint density at radius 1 is 1.63 bits per heavy atom. The number of rotatable bonds is 3. The number of aliphatic hydroxyl groups is 1. The van der Waals surface area contributed by atoms with Gasteiger partial charge in [0.15, 0.2) is 0 Å². The molecule has 1 saturated heterocycles. The Kier molecular flexibility index (Phi) is 4.21. The average molecular weight is 265 g/mol. The summed E-state index contributed by atoms with van der Waals surface area (Å²) in [5, 5.41) is 9.45. The molecule has 1 fully saturated rings. The minimum Gasteiger partial charge on any atom is -0.465 e. The molecule has 3 N–H and O–H groups in total. The number of carbonyl (C=O) groups excluding carboxylic acids is 1. The number of methoxy groups -OCH3 is 1. The van der Waals surface area contributed by atoms with Crippen molar-refractivity contribution in [2.75, 3.05) is 30.9 Å². The number of pyridine rings is 1. The molecule has 1 aromatic heterocycles. The van der Waals surface area contributed by atoms with E-state index >= 15 is 0 Å². The van der Waals surface area contributed by atoms with Gasteiger partial charge in [-0.15, -0.1) is 0 Å². The van der Waals surface area contributed by atoms with Gasteiger partial charge in [-0.2, -0.15) is 0 Å². The third-order valence-electron chi connectivity index (χ3n) is 3.40. The molecule has 1 aromatic rings. The van der Waals surface area contributed by atoms with Crippen molar-refractivity contribution in [3.63, 3.8) is 0 Å². The number of aliphatic hydroxyl groups excluding tert-OH is 1. The highest BCUT2D eigenvalue weighted by Crippen LogP contribution is 2.27. The first-order valence-corrected chi connectivity index (χ1v) is 6.38. The summed E-state index contributed by atoms with van der Waals surface area (Å²) >= 11 is 0. The van der Waals surface area contributed by atoms with Gasteiger partial charge in [0.25, 0.3) is 0 Å². The molecule has 2 rings (SSSR count). The number of carbonyl (C=O) groups is 1. The maximum atomic E-state index is 11.8. The highest BCUT2D eigenvalue weighted by molar-refractivity contribution is 5.95. The number of anilines is 2. The summed E-state index contributed by atoms with van der Waals surface area (Å²) < 4.78 is 4.77. The fraction of sp³-hybridized carbons (Fsp3) is 0.538. The molecule has 0 saturated carbocycles. The lowest BCUT2D eigenvalue weighted by Crippen LogP contribution is -2.43. The standard InChI is InChI=1S/C13H19N3O3/c1-19-13(18)11-6-9(14)7-15-12(11)16-5-3-2-4-10(16)8-17/h6-7,10,17H,2-5,8,14H2,1H3. The molecule has 6 heteroatoms. The van der Waals surface area contributed by atoms with E-state index in [2.05, 4.69) is 4.98 Å². The fourth-order valence-electron chi connectivity index (χ4n) is 2.43. The van der Waals surface area contributed by atoms with Crippen LogP contribution in [0.4, 0.5) is 11.5 Å². The summed E-state index contributed by atoms with van der Waals surface area (Å²) in [5.41, 5.74) is 6.45. The van der Waals surface area contributed by atoms with Gasteiger partial charge in [0.1, 0.15) is 11.4 Å². The zero-order chi connectivity index (χ0) is 13.8. The second kappa shape index (κ2) is 5.88. The number of ether oxygens (including phenoxy) is 1. The van der Waals surface area contributed by atoms with E-state index in [1.54, 1.807) is 6.07 Å². The first-order chi connectivity index (χ1) is 9.17. The van der Waals surface area contributed by atoms with Gasteiger partial charge in [-0.05, 0) is 25.3 Å². The molecule has 1 unspecified atom stereocenters. The summed E-state index contributed by atoms with van der Waals surface area (Å²) in [7, 11) is 1.33. The van der Waals surface area contributed by atoms with Gasteiger partial charge in [0.05, 0.1) is 31.6 Å². The number of aromatic nitrogens is 1. The molecule has 0 aromatic carbocycles. The molecule has 0 bridgehead atoms. The highest BCUT2D eigenvalue weighted by atomic mass is 16.5. The molecule has 6 nitrogen and oxygen atoms in total. The Hall–Kier alpha value is -1.82. The molecule has 104 valence electrons. The SMILES string of the molecule is COC(=O)c1cc(N)cnc1N1CCCCC1CO. The Morgan fingerprint density at radius 3 is 3.11 bits per heavy atom. The third kappa shape index (κ3) is 2.78. The molecule has 0 spiro atoms. The topological polar surface area (TPSA) is 88.7 Å². The van der Waals surface area contributed by atoms with Crippen LogP contribution in [0.1, 0.15) is 29.6 Å². The molecular weight excluding hydrogens is 246 g/mol. The molecule has 19 heavy (non-hydrogen) atoms. The monoisotopic (exact) mass is 265 g/mol. The largest absolute Gasteiger partial charge is 0.465 e. The van der Waals surface area contributed by atoms with Crippen molar-refractivity contribution in [1.29, 1.82) is 0 Å². The van der Waals surface area contributed by atoms with Gasteiger partial charge in [-0.3, -0.25) is 0 Å². The second-order valence-corrected chi connectivity index (χ2v) is 4.66. The lowest BCUT2D eigenvalue weighted by atomic mass is 10.0. The van der Waals surface area contributed by atoms with E-state index < -0.39 is 5.97 Å². The van der Waals surface area contributed by atoms with Gasteiger partial charge >= 0.3 is 5.97 Å². The lowest BCUT2D eigenvalue weighted by Gasteiger charge is -2.36. The maximum Gasteiger partial charge on any atom is 0.341 e. The molecule has 1 aliphatic rings. The van der Waals surface area contributed by atoms with Crippen LogP contribution in [-0.4, -0.2) is 42.4 Å². The van der Waals surface area contributed by atoms with Crippen molar-refractivity contribution >= 4 is 17.5 Å². The molecule has 1 atom stereocenters. The molecular formula is C13H19N3O3. The van der Waals surface area contributed by atoms with Crippen molar-refractivity contribution in [2.24, 2.45) is 0 Å². The Bertz CT molecular complexity index is 464.